The van der Waals surface area contributed by atoms with Crippen LogP contribution in [0.1, 0.15) is 37.8 Å². The molecule has 0 spiro atoms. The molecule has 116 valence electrons. The van der Waals surface area contributed by atoms with Gasteiger partial charge in [-0.1, -0.05) is 6.07 Å². The molecule has 2 rings (SSSR count). The van der Waals surface area contributed by atoms with Crippen molar-refractivity contribution in [3.63, 3.8) is 0 Å². The van der Waals surface area contributed by atoms with Gasteiger partial charge in [0.15, 0.2) is 0 Å². The van der Waals surface area contributed by atoms with E-state index in [0.717, 1.165) is 16.3 Å². The van der Waals surface area contributed by atoms with E-state index in [-0.39, 0.29) is 6.54 Å². The highest BCUT2D eigenvalue weighted by Crippen LogP contribution is 2.22. The van der Waals surface area contributed by atoms with Crippen LogP contribution in [0.15, 0.2) is 24.5 Å². The first-order valence-electron chi connectivity index (χ1n) is 6.83. The summed E-state index contributed by atoms with van der Waals surface area (Å²) in [5.41, 5.74) is 0.727. The average Bonchev–Trinajstić information content (AvgIpc) is 2.47. The fourth-order valence-electron chi connectivity index (χ4n) is 2.43. The Morgan fingerprint density at radius 1 is 1.52 bits per heavy atom. The lowest BCUT2D eigenvalue weighted by molar-refractivity contribution is -0.142. The maximum atomic E-state index is 12.4. The zero-order valence-electron chi connectivity index (χ0n) is 11.8. The fourth-order valence-corrected chi connectivity index (χ4v) is 4.05. The molecule has 2 N–H and O–H groups in total. The fraction of sp³-hybridized carbons (Fsp3) is 0.538. The number of nitrogens with one attached hydrogen (secondary N) is 1. The van der Waals surface area contributed by atoms with Gasteiger partial charge in [-0.25, -0.2) is 0 Å². The highest BCUT2D eigenvalue weighted by atomic mass is 32.2. The number of aromatic nitrogens is 1. The van der Waals surface area contributed by atoms with E-state index in [0.29, 0.717) is 12.8 Å². The predicted octanol–water partition coefficient (Wildman–Crippen LogP) is 0.916. The van der Waals surface area contributed by atoms with Crippen LogP contribution in [0.4, 0.5) is 0 Å². The van der Waals surface area contributed by atoms with E-state index < -0.39 is 28.3 Å². The molecule has 1 aliphatic heterocycles. The van der Waals surface area contributed by atoms with Crippen molar-refractivity contribution in [2.75, 3.05) is 6.54 Å². The van der Waals surface area contributed by atoms with Crippen LogP contribution >= 0.6 is 0 Å². The number of hydrogen-bond acceptors (Lipinski definition) is 4. The summed E-state index contributed by atoms with van der Waals surface area (Å²) < 4.78 is 28.4. The Hall–Kier alpha value is -1.51. The van der Waals surface area contributed by atoms with Crippen LogP contribution in [-0.2, 0) is 15.0 Å². The number of pyridine rings is 1. The number of hydrogen-bond donors (Lipinski definition) is 2. The van der Waals surface area contributed by atoms with Gasteiger partial charge in [-0.2, -0.15) is 17.4 Å². The minimum Gasteiger partial charge on any atom is -0.480 e. The van der Waals surface area contributed by atoms with E-state index in [1.807, 2.05) is 0 Å². The molecule has 1 aromatic heterocycles. The molecule has 0 bridgehead atoms. The third-order valence-corrected chi connectivity index (χ3v) is 5.26. The molecule has 0 saturated carbocycles. The van der Waals surface area contributed by atoms with E-state index in [2.05, 4.69) is 9.71 Å². The zero-order valence-corrected chi connectivity index (χ0v) is 12.6. The molecule has 21 heavy (non-hydrogen) atoms. The van der Waals surface area contributed by atoms with Crippen molar-refractivity contribution in [2.45, 2.75) is 38.3 Å². The molecule has 1 fully saturated rings. The number of carbonyl (C=O) groups is 1. The Morgan fingerprint density at radius 2 is 2.29 bits per heavy atom. The number of carboxylic acids is 1. The lowest BCUT2D eigenvalue weighted by Crippen LogP contribution is -2.52. The van der Waals surface area contributed by atoms with Gasteiger partial charge < -0.3 is 5.11 Å². The van der Waals surface area contributed by atoms with Crippen molar-refractivity contribution in [1.29, 1.82) is 0 Å². The van der Waals surface area contributed by atoms with Crippen LogP contribution in [0.3, 0.4) is 0 Å². The first-order valence-corrected chi connectivity index (χ1v) is 8.27. The summed E-state index contributed by atoms with van der Waals surface area (Å²) >= 11 is 0. The Bertz CT molecular complexity index is 591. The standard InChI is InChI=1S/C13H19N3O4S/c1-10(11-5-4-7-14-9-11)15-21(19,20)16-8-3-2-6-12(16)13(17)18/h4-5,7,9-10,12,15H,2-3,6,8H2,1H3,(H,17,18)/t10-,12?/m0/s1. The van der Waals surface area contributed by atoms with Gasteiger partial charge in [-0.3, -0.25) is 9.78 Å². The molecular weight excluding hydrogens is 294 g/mol. The lowest BCUT2D eigenvalue weighted by atomic mass is 10.1. The molecule has 1 aliphatic rings. The summed E-state index contributed by atoms with van der Waals surface area (Å²) in [6.45, 7) is 1.93. The van der Waals surface area contributed by atoms with Gasteiger partial charge in [0.25, 0.3) is 10.2 Å². The topological polar surface area (TPSA) is 99.6 Å². The Balaban J connectivity index is 2.15. The van der Waals surface area contributed by atoms with E-state index in [1.54, 1.807) is 31.5 Å². The Labute approximate surface area is 124 Å². The van der Waals surface area contributed by atoms with Crippen molar-refractivity contribution in [3.8, 4) is 0 Å². The van der Waals surface area contributed by atoms with Gasteiger partial charge in [-0.15, -0.1) is 0 Å². The molecule has 7 nitrogen and oxygen atoms in total. The average molecular weight is 313 g/mol. The third kappa shape index (κ3) is 3.78. The molecule has 0 amide bonds. The van der Waals surface area contributed by atoms with Gasteiger partial charge in [0, 0.05) is 25.0 Å². The number of piperidine rings is 1. The van der Waals surface area contributed by atoms with E-state index in [4.69, 9.17) is 0 Å². The zero-order chi connectivity index (χ0) is 15.5. The smallest absolute Gasteiger partial charge is 0.322 e. The van der Waals surface area contributed by atoms with Crippen LogP contribution in [0.5, 0.6) is 0 Å². The van der Waals surface area contributed by atoms with Crippen molar-refractivity contribution in [1.82, 2.24) is 14.0 Å². The summed E-state index contributed by atoms with van der Waals surface area (Å²) in [7, 11) is -3.85. The van der Waals surface area contributed by atoms with Gasteiger partial charge in [0.2, 0.25) is 0 Å². The van der Waals surface area contributed by atoms with Crippen LogP contribution in [-0.4, -0.2) is 41.4 Å². The predicted molar refractivity (Wildman–Crippen MR) is 76.7 cm³/mol. The van der Waals surface area contributed by atoms with E-state index >= 15 is 0 Å². The number of nitrogens with zero attached hydrogens (tertiary/aromatic N) is 2. The minimum atomic E-state index is -3.85. The number of rotatable bonds is 5. The lowest BCUT2D eigenvalue weighted by Gasteiger charge is -2.32. The van der Waals surface area contributed by atoms with Crippen molar-refractivity contribution in [3.05, 3.63) is 30.1 Å². The van der Waals surface area contributed by atoms with Crippen molar-refractivity contribution >= 4 is 16.2 Å². The maximum Gasteiger partial charge on any atom is 0.322 e. The van der Waals surface area contributed by atoms with Crippen LogP contribution in [0.2, 0.25) is 0 Å². The second-order valence-electron chi connectivity index (χ2n) is 5.09. The molecule has 8 heteroatoms. The molecular formula is C13H19N3O4S. The summed E-state index contributed by atoms with van der Waals surface area (Å²) in [6.07, 6.45) is 4.93. The molecule has 0 aromatic carbocycles. The SMILES string of the molecule is C[C@H](NS(=O)(=O)N1CCCCC1C(=O)O)c1cccnc1. The van der Waals surface area contributed by atoms with E-state index in [9.17, 15) is 18.3 Å². The minimum absolute atomic E-state index is 0.228. The monoisotopic (exact) mass is 313 g/mol. The van der Waals surface area contributed by atoms with Gasteiger partial charge in [-0.05, 0) is 37.8 Å². The Kier molecular flexibility index (Phi) is 4.92. The second kappa shape index (κ2) is 6.50. The first-order chi connectivity index (χ1) is 9.92. The quantitative estimate of drug-likeness (QED) is 0.842. The molecule has 1 saturated heterocycles. The van der Waals surface area contributed by atoms with Crippen LogP contribution in [0.25, 0.3) is 0 Å². The normalized spacial score (nSPS) is 21.9. The van der Waals surface area contributed by atoms with Crippen molar-refractivity contribution < 1.29 is 18.3 Å². The molecule has 0 aliphatic carbocycles. The molecule has 1 unspecified atom stereocenters. The van der Waals surface area contributed by atoms with Gasteiger partial charge >= 0.3 is 5.97 Å². The van der Waals surface area contributed by atoms with Crippen LogP contribution in [0, 0.1) is 0 Å². The molecule has 1 aromatic rings. The maximum absolute atomic E-state index is 12.4. The number of aliphatic carboxylic acids is 1. The summed E-state index contributed by atoms with van der Waals surface area (Å²) in [6, 6.07) is 2.03. The van der Waals surface area contributed by atoms with Gasteiger partial charge in [0.05, 0.1) is 0 Å². The largest absolute Gasteiger partial charge is 0.480 e. The van der Waals surface area contributed by atoms with E-state index in [1.165, 1.54) is 0 Å². The van der Waals surface area contributed by atoms with Gasteiger partial charge in [0.1, 0.15) is 6.04 Å². The highest BCUT2D eigenvalue weighted by Gasteiger charge is 2.37. The second-order valence-corrected chi connectivity index (χ2v) is 6.75. The highest BCUT2D eigenvalue weighted by molar-refractivity contribution is 7.87. The number of carboxylic acid groups (broad SMARTS) is 1. The summed E-state index contributed by atoms with van der Waals surface area (Å²) in [4.78, 5) is 15.2. The first kappa shape index (κ1) is 15.9. The Morgan fingerprint density at radius 3 is 2.90 bits per heavy atom. The molecule has 0 radical (unpaired) electrons. The third-order valence-electron chi connectivity index (χ3n) is 3.56. The summed E-state index contributed by atoms with van der Waals surface area (Å²) in [5, 5.41) is 9.18. The molecule has 2 heterocycles. The van der Waals surface area contributed by atoms with Crippen molar-refractivity contribution in [2.24, 2.45) is 0 Å². The van der Waals surface area contributed by atoms with Crippen LogP contribution < -0.4 is 4.72 Å². The summed E-state index contributed by atoms with van der Waals surface area (Å²) in [5.74, 6) is -1.10. The molecule has 2 atom stereocenters.